The third-order valence-electron chi connectivity index (χ3n) is 1.91. The van der Waals surface area contributed by atoms with E-state index in [0.717, 1.165) is 4.76 Å². The van der Waals surface area contributed by atoms with E-state index in [9.17, 15) is 22.9 Å². The Bertz CT molecular complexity index is 241. The van der Waals surface area contributed by atoms with Crippen LogP contribution in [0.25, 0.3) is 0 Å². The Balaban J connectivity index is 2.38. The van der Waals surface area contributed by atoms with Crippen LogP contribution in [0.3, 0.4) is 0 Å². The Morgan fingerprint density at radius 1 is 1.29 bits per heavy atom. The van der Waals surface area contributed by atoms with Crippen LogP contribution in [0, 0.1) is 4.91 Å². The van der Waals surface area contributed by atoms with Gasteiger partial charge in [0.1, 0.15) is 6.10 Å². The van der Waals surface area contributed by atoms with Crippen LogP contribution in [0.5, 0.6) is 0 Å². The molecule has 0 bridgehead atoms. The average Bonchev–Trinajstić information content (AvgIpc) is 2.07. The number of ether oxygens (including phenoxy) is 1. The third kappa shape index (κ3) is 2.97. The number of nitrogens with zero attached hydrogens (tertiary/aromatic N) is 1. The molecule has 0 atom stereocenters. The fraction of sp³-hybridized carbons (Fsp3) is 0.857. The molecule has 1 saturated heterocycles. The van der Waals surface area contributed by atoms with Crippen LogP contribution in [0.2, 0.25) is 0 Å². The van der Waals surface area contributed by atoms with E-state index in [1.54, 1.807) is 0 Å². The monoisotopic (exact) mass is 212 g/mol. The van der Waals surface area contributed by atoms with Gasteiger partial charge in [-0.05, 0) is 4.76 Å². The zero-order chi connectivity index (χ0) is 10.8. The summed E-state index contributed by atoms with van der Waals surface area (Å²) in [6.07, 6.45) is -5.42. The normalized spacial score (nSPS) is 19.5. The van der Waals surface area contributed by atoms with Gasteiger partial charge in [0.2, 0.25) is 0 Å². The van der Waals surface area contributed by atoms with Crippen molar-refractivity contribution in [2.75, 3.05) is 13.1 Å². The van der Waals surface area contributed by atoms with Crippen molar-refractivity contribution in [3.05, 3.63) is 4.91 Å². The second-order valence-corrected chi connectivity index (χ2v) is 3.03. The van der Waals surface area contributed by atoms with Crippen molar-refractivity contribution >= 4 is 5.97 Å². The fourth-order valence-corrected chi connectivity index (χ4v) is 1.17. The van der Waals surface area contributed by atoms with Gasteiger partial charge in [0.15, 0.2) is 13.1 Å². The summed E-state index contributed by atoms with van der Waals surface area (Å²) in [6, 6.07) is 0. The van der Waals surface area contributed by atoms with E-state index < -0.39 is 18.2 Å². The number of rotatable bonds is 1. The fourth-order valence-electron chi connectivity index (χ4n) is 1.17. The summed E-state index contributed by atoms with van der Waals surface area (Å²) in [5.41, 5.74) is 0. The van der Waals surface area contributed by atoms with E-state index in [2.05, 4.69) is 4.74 Å². The summed E-state index contributed by atoms with van der Waals surface area (Å²) in [5, 5.41) is 0. The lowest BCUT2D eigenvalue weighted by molar-refractivity contribution is -0.561. The van der Waals surface area contributed by atoms with Gasteiger partial charge in [0.25, 0.3) is 0 Å². The third-order valence-corrected chi connectivity index (χ3v) is 1.91. The first-order valence-corrected chi connectivity index (χ1v) is 4.09. The molecule has 0 amide bonds. The van der Waals surface area contributed by atoms with Crippen LogP contribution in [-0.2, 0) is 9.53 Å². The minimum Gasteiger partial charge on any atom is -0.455 e. The van der Waals surface area contributed by atoms with Gasteiger partial charge < -0.3 is 4.74 Å². The topological polar surface area (TPSA) is 46.4 Å². The standard InChI is InChI=1S/C7H9F3NO3/c8-7(9,10)6(12)14-5-1-3-11(13)4-2-5/h5H,1-4H2/q+1. The minimum atomic E-state index is -4.95. The number of hydrogen-bond donors (Lipinski definition) is 0. The molecule has 80 valence electrons. The summed E-state index contributed by atoms with van der Waals surface area (Å²) >= 11 is 0. The molecule has 0 aromatic carbocycles. The molecule has 0 saturated carbocycles. The number of alkyl halides is 3. The number of carbonyl (C=O) groups excluding carboxylic acids is 1. The second kappa shape index (κ2) is 3.93. The van der Waals surface area contributed by atoms with Crippen LogP contribution in [-0.4, -0.2) is 36.1 Å². The van der Waals surface area contributed by atoms with E-state index in [-0.39, 0.29) is 25.9 Å². The summed E-state index contributed by atoms with van der Waals surface area (Å²) in [4.78, 5) is 21.0. The Labute approximate surface area is 77.6 Å². The maximum absolute atomic E-state index is 11.7. The predicted molar refractivity (Wildman–Crippen MR) is 38.5 cm³/mol. The highest BCUT2D eigenvalue weighted by molar-refractivity contribution is 5.75. The molecule has 14 heavy (non-hydrogen) atoms. The lowest BCUT2D eigenvalue weighted by Gasteiger charge is -2.18. The maximum Gasteiger partial charge on any atom is 0.490 e. The molecule has 0 aromatic rings. The highest BCUT2D eigenvalue weighted by atomic mass is 19.4. The van der Waals surface area contributed by atoms with Crippen LogP contribution < -0.4 is 0 Å². The molecule has 1 fully saturated rings. The molecular weight excluding hydrogens is 203 g/mol. The van der Waals surface area contributed by atoms with Crippen molar-refractivity contribution in [3.63, 3.8) is 0 Å². The SMILES string of the molecule is O=C(OC1CC[N+](=O)CC1)C(F)(F)F. The molecule has 0 N–H and O–H groups in total. The average molecular weight is 212 g/mol. The molecule has 1 rings (SSSR count). The van der Waals surface area contributed by atoms with E-state index >= 15 is 0 Å². The van der Waals surface area contributed by atoms with Crippen LogP contribution in [0.1, 0.15) is 12.8 Å². The molecule has 1 heterocycles. The van der Waals surface area contributed by atoms with Crippen molar-refractivity contribution in [1.82, 2.24) is 0 Å². The van der Waals surface area contributed by atoms with Crippen molar-refractivity contribution in [1.29, 1.82) is 0 Å². The van der Waals surface area contributed by atoms with Crippen LogP contribution in [0.15, 0.2) is 0 Å². The zero-order valence-corrected chi connectivity index (χ0v) is 7.21. The van der Waals surface area contributed by atoms with Crippen molar-refractivity contribution in [3.8, 4) is 0 Å². The largest absolute Gasteiger partial charge is 0.490 e. The Kier molecular flexibility index (Phi) is 3.07. The summed E-state index contributed by atoms with van der Waals surface area (Å²) in [6.45, 7) is 0.214. The van der Waals surface area contributed by atoms with Crippen molar-refractivity contribution < 1.29 is 27.5 Å². The molecule has 1 aliphatic heterocycles. The summed E-state index contributed by atoms with van der Waals surface area (Å²) in [7, 11) is 0. The number of hydrogen-bond acceptors (Lipinski definition) is 3. The van der Waals surface area contributed by atoms with E-state index in [1.807, 2.05) is 0 Å². The quantitative estimate of drug-likeness (QED) is 0.481. The number of halogens is 3. The van der Waals surface area contributed by atoms with E-state index in [1.165, 1.54) is 0 Å². The highest BCUT2D eigenvalue weighted by Crippen LogP contribution is 2.20. The summed E-state index contributed by atoms with van der Waals surface area (Å²) < 4.78 is 40.1. The smallest absolute Gasteiger partial charge is 0.455 e. The highest BCUT2D eigenvalue weighted by Gasteiger charge is 2.43. The molecule has 0 aromatic heterocycles. The van der Waals surface area contributed by atoms with Crippen LogP contribution in [0.4, 0.5) is 13.2 Å². The zero-order valence-electron chi connectivity index (χ0n) is 7.21. The molecule has 0 spiro atoms. The Morgan fingerprint density at radius 2 is 1.79 bits per heavy atom. The van der Waals surface area contributed by atoms with Gasteiger partial charge in [-0.2, -0.15) is 13.2 Å². The molecule has 0 aliphatic carbocycles. The second-order valence-electron chi connectivity index (χ2n) is 3.03. The Morgan fingerprint density at radius 3 is 2.21 bits per heavy atom. The number of piperidine rings is 1. The summed E-state index contributed by atoms with van der Waals surface area (Å²) in [5.74, 6) is -2.18. The number of nitroso groups, excluding NO2 is 1. The number of esters is 1. The number of carbonyl (C=O) groups is 1. The van der Waals surface area contributed by atoms with Crippen molar-refractivity contribution in [2.24, 2.45) is 0 Å². The lowest BCUT2D eigenvalue weighted by atomic mass is 10.1. The Hall–Kier alpha value is -1.14. The molecular formula is C7H9F3NO3+. The molecule has 0 radical (unpaired) electrons. The first-order chi connectivity index (χ1) is 6.39. The minimum absolute atomic E-state index is 0.107. The lowest BCUT2D eigenvalue weighted by Crippen LogP contribution is -2.35. The van der Waals surface area contributed by atoms with Gasteiger partial charge in [-0.1, -0.05) is 0 Å². The van der Waals surface area contributed by atoms with E-state index in [4.69, 9.17) is 0 Å². The van der Waals surface area contributed by atoms with Crippen molar-refractivity contribution in [2.45, 2.75) is 25.1 Å². The van der Waals surface area contributed by atoms with Gasteiger partial charge in [0, 0.05) is 17.7 Å². The van der Waals surface area contributed by atoms with Crippen LogP contribution >= 0.6 is 0 Å². The first kappa shape index (κ1) is 10.9. The predicted octanol–water partition coefficient (Wildman–Crippen LogP) is 1.03. The van der Waals surface area contributed by atoms with Gasteiger partial charge in [-0.25, -0.2) is 4.79 Å². The van der Waals surface area contributed by atoms with Gasteiger partial charge in [-0.3, -0.25) is 0 Å². The van der Waals surface area contributed by atoms with Gasteiger partial charge in [-0.15, -0.1) is 0 Å². The van der Waals surface area contributed by atoms with Gasteiger partial charge >= 0.3 is 12.1 Å². The molecule has 4 nitrogen and oxygen atoms in total. The van der Waals surface area contributed by atoms with Gasteiger partial charge in [0.05, 0.1) is 0 Å². The van der Waals surface area contributed by atoms with E-state index in [0.29, 0.717) is 0 Å². The molecule has 7 heteroatoms. The first-order valence-electron chi connectivity index (χ1n) is 4.09. The molecule has 1 aliphatic rings. The molecule has 0 unspecified atom stereocenters. The maximum atomic E-state index is 11.7.